The summed E-state index contributed by atoms with van der Waals surface area (Å²) in [5.41, 5.74) is -0.774. The van der Waals surface area contributed by atoms with Crippen LogP contribution in [-0.4, -0.2) is 24.5 Å². The number of hydrogen-bond donors (Lipinski definition) is 1. The van der Waals surface area contributed by atoms with Crippen LogP contribution in [0.4, 0.5) is 18.3 Å². The van der Waals surface area contributed by atoms with E-state index in [1.54, 1.807) is 6.07 Å². The summed E-state index contributed by atoms with van der Waals surface area (Å²) >= 11 is 2.59. The highest BCUT2D eigenvalue weighted by molar-refractivity contribution is 7.87. The molecule has 1 atom stereocenters. The highest BCUT2D eigenvalue weighted by atomic mass is 32.2. The molecule has 1 unspecified atom stereocenters. The molecule has 0 fully saturated rings. The lowest BCUT2D eigenvalue weighted by Gasteiger charge is -2.14. The van der Waals surface area contributed by atoms with Gasteiger partial charge in [0.2, 0.25) is 11.0 Å². The molecule has 0 aliphatic heterocycles. The number of hydrogen-bond acceptors (Lipinski definition) is 9. The Morgan fingerprint density at radius 3 is 2.46 bits per heavy atom. The van der Waals surface area contributed by atoms with Crippen LogP contribution >= 0.6 is 22.7 Å². The van der Waals surface area contributed by atoms with Gasteiger partial charge in [-0.3, -0.25) is 10.1 Å². The van der Waals surface area contributed by atoms with Gasteiger partial charge in [-0.25, -0.2) is 0 Å². The number of aromatic nitrogens is 2. The fourth-order valence-corrected chi connectivity index (χ4v) is 5.62. The number of alkyl halides is 3. The van der Waals surface area contributed by atoms with Crippen molar-refractivity contribution in [2.45, 2.75) is 17.5 Å². The average Bonchev–Trinajstić information content (AvgIpc) is 3.55. The molecule has 2 heterocycles. The molecule has 0 aliphatic carbocycles. The maximum Gasteiger partial charge on any atom is 0.416 e. The molecule has 0 radical (unpaired) electrons. The highest BCUT2D eigenvalue weighted by Crippen LogP contribution is 2.32. The number of halogens is 3. The van der Waals surface area contributed by atoms with Crippen LogP contribution in [-0.2, 0) is 27.5 Å². The summed E-state index contributed by atoms with van der Waals surface area (Å²) < 4.78 is 68.9. The van der Waals surface area contributed by atoms with Crippen molar-refractivity contribution < 1.29 is 30.6 Å². The SMILES string of the molecule is N#CC(Cc1ccccc1OS(=O)(=O)c1ccc(C(F)(F)F)cc1)C(=O)Nc1nnc(-c2cccs2)s1. The predicted octanol–water partition coefficient (Wildman–Crippen LogP) is 5.37. The second-order valence-electron chi connectivity index (χ2n) is 7.43. The lowest BCUT2D eigenvalue weighted by molar-refractivity contribution is -0.137. The van der Waals surface area contributed by atoms with E-state index in [0.717, 1.165) is 28.3 Å². The fourth-order valence-electron chi connectivity index (χ4n) is 3.11. The minimum absolute atomic E-state index is 0.161. The number of carbonyl (C=O) groups excluding carboxylic acids is 1. The van der Waals surface area contributed by atoms with Crippen LogP contribution in [0.5, 0.6) is 5.75 Å². The summed E-state index contributed by atoms with van der Waals surface area (Å²) in [4.78, 5) is 13.1. The number of benzene rings is 2. The number of thiophene rings is 1. The van der Waals surface area contributed by atoms with E-state index in [2.05, 4.69) is 15.5 Å². The van der Waals surface area contributed by atoms with Gasteiger partial charge in [0.25, 0.3) is 0 Å². The van der Waals surface area contributed by atoms with Gasteiger partial charge >= 0.3 is 16.3 Å². The first kappa shape index (κ1) is 26.3. The zero-order chi connectivity index (χ0) is 26.6. The lowest BCUT2D eigenvalue weighted by atomic mass is 9.99. The van der Waals surface area contributed by atoms with E-state index < -0.39 is 38.6 Å². The Bertz CT molecular complexity index is 1550. The summed E-state index contributed by atoms with van der Waals surface area (Å²) in [6.45, 7) is 0. The standard InChI is InChI=1S/C23H15F3N4O4S3/c24-23(25,26)16-7-9-17(10-8-16)37(32,33)34-18-5-2-1-4-14(18)12-15(13-27)20(31)28-22-30-29-21(36-22)19-6-3-11-35-19/h1-11,15H,12H2,(H,28,30,31). The number of amides is 1. The van der Waals surface area contributed by atoms with Crippen molar-refractivity contribution in [3.05, 3.63) is 77.2 Å². The first-order valence-corrected chi connectivity index (χ1v) is 13.4. The Kier molecular flexibility index (Phi) is 7.58. The van der Waals surface area contributed by atoms with Crippen molar-refractivity contribution in [1.29, 1.82) is 5.26 Å². The van der Waals surface area contributed by atoms with E-state index in [9.17, 15) is 31.6 Å². The minimum atomic E-state index is -4.62. The average molecular weight is 565 g/mol. The monoisotopic (exact) mass is 564 g/mol. The molecule has 0 bridgehead atoms. The zero-order valence-electron chi connectivity index (χ0n) is 18.5. The van der Waals surface area contributed by atoms with E-state index in [1.807, 2.05) is 23.6 Å². The molecule has 4 rings (SSSR count). The van der Waals surface area contributed by atoms with Crippen molar-refractivity contribution in [2.75, 3.05) is 5.32 Å². The molecular formula is C23H15F3N4O4S3. The molecule has 37 heavy (non-hydrogen) atoms. The summed E-state index contributed by atoms with van der Waals surface area (Å²) in [5.74, 6) is -2.06. The number of nitrogens with one attached hydrogen (secondary N) is 1. The summed E-state index contributed by atoms with van der Waals surface area (Å²) in [5, 5.41) is 22.7. The van der Waals surface area contributed by atoms with Crippen molar-refractivity contribution in [1.82, 2.24) is 10.2 Å². The molecule has 4 aromatic rings. The van der Waals surface area contributed by atoms with Crippen LogP contribution in [0, 0.1) is 17.2 Å². The minimum Gasteiger partial charge on any atom is -0.379 e. The number of carbonyl (C=O) groups is 1. The number of para-hydroxylation sites is 1. The molecule has 0 saturated carbocycles. The quantitative estimate of drug-likeness (QED) is 0.285. The Labute approximate surface area is 217 Å². The summed E-state index contributed by atoms with van der Waals surface area (Å²) in [7, 11) is -4.49. The maximum atomic E-state index is 12.8. The Hall–Kier alpha value is -3.80. The topological polar surface area (TPSA) is 122 Å². The molecule has 14 heteroatoms. The molecule has 2 aromatic carbocycles. The fraction of sp³-hybridized carbons (Fsp3) is 0.130. The largest absolute Gasteiger partial charge is 0.416 e. The third-order valence-corrected chi connectivity index (χ3v) is 8.05. The van der Waals surface area contributed by atoms with Gasteiger partial charge in [-0.05, 0) is 47.3 Å². The van der Waals surface area contributed by atoms with E-state index in [0.29, 0.717) is 17.1 Å². The summed E-state index contributed by atoms with van der Waals surface area (Å²) in [6, 6.07) is 14.3. The van der Waals surface area contributed by atoms with Gasteiger partial charge in [0.15, 0.2) is 5.01 Å². The normalized spacial score (nSPS) is 12.5. The van der Waals surface area contributed by atoms with E-state index in [4.69, 9.17) is 4.18 Å². The molecule has 0 spiro atoms. The van der Waals surface area contributed by atoms with Crippen LogP contribution in [0.2, 0.25) is 0 Å². The highest BCUT2D eigenvalue weighted by Gasteiger charge is 2.31. The molecule has 0 aliphatic rings. The van der Waals surface area contributed by atoms with Gasteiger partial charge in [0.05, 0.1) is 16.5 Å². The van der Waals surface area contributed by atoms with E-state index in [1.165, 1.54) is 29.5 Å². The maximum absolute atomic E-state index is 12.8. The second kappa shape index (κ2) is 10.7. The molecule has 1 amide bonds. The first-order chi connectivity index (χ1) is 17.6. The van der Waals surface area contributed by atoms with Crippen LogP contribution in [0.1, 0.15) is 11.1 Å². The third-order valence-electron chi connectivity index (χ3n) is 4.93. The van der Waals surface area contributed by atoms with Crippen molar-refractivity contribution >= 4 is 43.8 Å². The van der Waals surface area contributed by atoms with Crippen molar-refractivity contribution in [3.8, 4) is 21.7 Å². The van der Waals surface area contributed by atoms with Gasteiger partial charge in [0.1, 0.15) is 16.6 Å². The van der Waals surface area contributed by atoms with Crippen LogP contribution < -0.4 is 9.50 Å². The zero-order valence-corrected chi connectivity index (χ0v) is 20.9. The Balaban J connectivity index is 1.48. The number of nitriles is 1. The lowest BCUT2D eigenvalue weighted by Crippen LogP contribution is -2.23. The summed E-state index contributed by atoms with van der Waals surface area (Å²) in [6.07, 6.45) is -4.82. The Morgan fingerprint density at radius 1 is 1.08 bits per heavy atom. The Morgan fingerprint density at radius 2 is 1.81 bits per heavy atom. The molecular weight excluding hydrogens is 549 g/mol. The molecule has 2 aromatic heterocycles. The van der Waals surface area contributed by atoms with E-state index >= 15 is 0 Å². The molecule has 0 saturated heterocycles. The van der Waals surface area contributed by atoms with Gasteiger partial charge in [-0.1, -0.05) is 35.6 Å². The third kappa shape index (κ3) is 6.31. The van der Waals surface area contributed by atoms with Crippen molar-refractivity contribution in [3.63, 3.8) is 0 Å². The number of rotatable bonds is 8. The van der Waals surface area contributed by atoms with Gasteiger partial charge in [-0.15, -0.1) is 21.5 Å². The van der Waals surface area contributed by atoms with Crippen molar-refractivity contribution in [2.24, 2.45) is 5.92 Å². The van der Waals surface area contributed by atoms with Gasteiger partial charge in [0, 0.05) is 6.42 Å². The first-order valence-electron chi connectivity index (χ1n) is 10.3. The van der Waals surface area contributed by atoms with Crippen LogP contribution in [0.3, 0.4) is 0 Å². The smallest absolute Gasteiger partial charge is 0.379 e. The predicted molar refractivity (Wildman–Crippen MR) is 130 cm³/mol. The van der Waals surface area contributed by atoms with Crippen LogP contribution in [0.25, 0.3) is 9.88 Å². The van der Waals surface area contributed by atoms with Crippen LogP contribution in [0.15, 0.2) is 70.9 Å². The van der Waals surface area contributed by atoms with Gasteiger partial charge < -0.3 is 4.18 Å². The van der Waals surface area contributed by atoms with E-state index in [-0.39, 0.29) is 22.9 Å². The second-order valence-corrected chi connectivity index (χ2v) is 10.9. The number of anilines is 1. The molecule has 8 nitrogen and oxygen atoms in total. The molecule has 190 valence electrons. The number of nitrogens with zero attached hydrogens (tertiary/aromatic N) is 3. The van der Waals surface area contributed by atoms with Gasteiger partial charge in [-0.2, -0.15) is 26.9 Å². The molecule has 1 N–H and O–H groups in total.